The van der Waals surface area contributed by atoms with Crippen molar-refractivity contribution < 1.29 is 0 Å². The standard InChI is InChI=1S/C68H46N4/c1-5-15-47(16-6-1)49-25-29-51(30-26-49)55-35-43-65-61(45-55)62-46-56(52-31-27-50(28-32-52)48-17-7-2-8-18-48)36-44-66(62)72(65)60-41-39-59(40-42-60)71(57-21-11-4-12-22-57)58-37-33-54(34-38-58)68-67(53-19-9-3-10-20-53)69-63-23-13-14-24-64(63)70-68/h1-46H. The highest BCUT2D eigenvalue weighted by Crippen LogP contribution is 2.41. The molecule has 0 unspecified atom stereocenters. The van der Waals surface area contributed by atoms with Gasteiger partial charge in [0, 0.05) is 44.6 Å². The van der Waals surface area contributed by atoms with Crippen LogP contribution in [0.5, 0.6) is 0 Å². The number of para-hydroxylation sites is 3. The third-order valence-corrected chi connectivity index (χ3v) is 13.8. The molecule has 0 aliphatic heterocycles. The molecule has 0 saturated heterocycles. The molecule has 0 saturated carbocycles. The van der Waals surface area contributed by atoms with Crippen molar-refractivity contribution in [1.82, 2.24) is 14.5 Å². The molecule has 0 aliphatic carbocycles. The molecule has 2 heterocycles. The average Bonchev–Trinajstić information content (AvgIpc) is 3.79. The first-order valence-electron chi connectivity index (χ1n) is 24.5. The normalized spacial score (nSPS) is 11.3. The minimum absolute atomic E-state index is 0.856. The van der Waals surface area contributed by atoms with E-state index in [1.807, 2.05) is 30.3 Å². The van der Waals surface area contributed by atoms with Gasteiger partial charge in [0.2, 0.25) is 0 Å². The molecular formula is C68H46N4. The zero-order chi connectivity index (χ0) is 47.8. The summed E-state index contributed by atoms with van der Waals surface area (Å²) in [5.41, 5.74) is 21.6. The van der Waals surface area contributed by atoms with Gasteiger partial charge in [-0.15, -0.1) is 0 Å². The molecular weight excluding hydrogens is 873 g/mol. The number of rotatable bonds is 10. The monoisotopic (exact) mass is 918 g/mol. The van der Waals surface area contributed by atoms with Crippen LogP contribution in [0, 0.1) is 0 Å². The molecule has 4 nitrogen and oxygen atoms in total. The second-order valence-corrected chi connectivity index (χ2v) is 18.2. The average molecular weight is 919 g/mol. The lowest BCUT2D eigenvalue weighted by molar-refractivity contribution is 1.17. The van der Waals surface area contributed by atoms with Crippen molar-refractivity contribution in [3.05, 3.63) is 279 Å². The van der Waals surface area contributed by atoms with Crippen molar-refractivity contribution in [2.75, 3.05) is 4.90 Å². The molecule has 0 fully saturated rings. The zero-order valence-electron chi connectivity index (χ0n) is 39.3. The van der Waals surface area contributed by atoms with Gasteiger partial charge in [-0.05, 0) is 129 Å². The number of aromatic nitrogens is 3. The van der Waals surface area contributed by atoms with E-state index in [0.717, 1.165) is 67.3 Å². The van der Waals surface area contributed by atoms with Gasteiger partial charge in [-0.3, -0.25) is 0 Å². The van der Waals surface area contributed by atoms with E-state index in [-0.39, 0.29) is 0 Å². The summed E-state index contributed by atoms with van der Waals surface area (Å²) in [5, 5.41) is 2.41. The van der Waals surface area contributed by atoms with E-state index in [4.69, 9.17) is 9.97 Å². The van der Waals surface area contributed by atoms with E-state index in [1.165, 1.54) is 55.3 Å². The third-order valence-electron chi connectivity index (χ3n) is 13.8. The lowest BCUT2D eigenvalue weighted by Crippen LogP contribution is -2.10. The molecule has 0 radical (unpaired) electrons. The molecule has 0 amide bonds. The van der Waals surface area contributed by atoms with Gasteiger partial charge in [-0.2, -0.15) is 0 Å². The third kappa shape index (κ3) is 7.97. The van der Waals surface area contributed by atoms with Crippen LogP contribution < -0.4 is 4.90 Å². The molecule has 2 aromatic heterocycles. The van der Waals surface area contributed by atoms with Gasteiger partial charge in [-0.25, -0.2) is 9.97 Å². The molecule has 0 spiro atoms. The van der Waals surface area contributed by atoms with Crippen molar-refractivity contribution >= 4 is 49.9 Å². The minimum atomic E-state index is 0.856. The highest BCUT2D eigenvalue weighted by atomic mass is 15.1. The maximum absolute atomic E-state index is 5.18. The number of hydrogen-bond donors (Lipinski definition) is 0. The Labute approximate surface area is 419 Å². The van der Waals surface area contributed by atoms with Gasteiger partial charge < -0.3 is 9.47 Å². The van der Waals surface area contributed by atoms with E-state index >= 15 is 0 Å². The van der Waals surface area contributed by atoms with Crippen LogP contribution in [-0.4, -0.2) is 14.5 Å². The van der Waals surface area contributed by atoms with Gasteiger partial charge >= 0.3 is 0 Å². The zero-order valence-corrected chi connectivity index (χ0v) is 39.3. The number of benzene rings is 11. The van der Waals surface area contributed by atoms with Crippen LogP contribution >= 0.6 is 0 Å². The Balaban J connectivity index is 0.891. The van der Waals surface area contributed by atoms with Gasteiger partial charge in [-0.1, -0.05) is 194 Å². The predicted molar refractivity (Wildman–Crippen MR) is 301 cm³/mol. The molecule has 0 bridgehead atoms. The van der Waals surface area contributed by atoms with Crippen LogP contribution in [0.4, 0.5) is 17.1 Å². The Kier molecular flexibility index (Phi) is 10.8. The van der Waals surface area contributed by atoms with Crippen molar-refractivity contribution in [1.29, 1.82) is 0 Å². The van der Waals surface area contributed by atoms with Crippen LogP contribution in [0.3, 0.4) is 0 Å². The highest BCUT2D eigenvalue weighted by molar-refractivity contribution is 6.11. The van der Waals surface area contributed by atoms with Gasteiger partial charge in [0.25, 0.3) is 0 Å². The van der Waals surface area contributed by atoms with Gasteiger partial charge in [0.1, 0.15) is 0 Å². The summed E-state index contributed by atoms with van der Waals surface area (Å²) < 4.78 is 2.41. The maximum atomic E-state index is 5.18. The van der Waals surface area contributed by atoms with Crippen molar-refractivity contribution in [3.8, 4) is 72.7 Å². The van der Waals surface area contributed by atoms with Crippen LogP contribution in [0.1, 0.15) is 0 Å². The van der Waals surface area contributed by atoms with Crippen molar-refractivity contribution in [2.24, 2.45) is 0 Å². The quantitative estimate of drug-likeness (QED) is 0.137. The van der Waals surface area contributed by atoms with Crippen LogP contribution in [-0.2, 0) is 0 Å². The molecule has 13 aromatic rings. The second kappa shape index (κ2) is 18.4. The number of anilines is 3. The summed E-state index contributed by atoms with van der Waals surface area (Å²) >= 11 is 0. The summed E-state index contributed by atoms with van der Waals surface area (Å²) in [7, 11) is 0. The van der Waals surface area contributed by atoms with Gasteiger partial charge in [0.05, 0.1) is 33.5 Å². The Bertz CT molecular complexity index is 3880. The Hall–Kier alpha value is -9.64. The summed E-state index contributed by atoms with van der Waals surface area (Å²) in [6.45, 7) is 0. The van der Waals surface area contributed by atoms with E-state index < -0.39 is 0 Å². The van der Waals surface area contributed by atoms with Crippen molar-refractivity contribution in [2.45, 2.75) is 0 Å². The van der Waals surface area contributed by atoms with E-state index in [9.17, 15) is 0 Å². The molecule has 72 heavy (non-hydrogen) atoms. The molecule has 0 aliphatic rings. The topological polar surface area (TPSA) is 34.0 Å². The maximum Gasteiger partial charge on any atom is 0.0973 e. The smallest absolute Gasteiger partial charge is 0.0973 e. The fraction of sp³-hybridized carbons (Fsp3) is 0. The summed E-state index contributed by atoms with van der Waals surface area (Å²) in [6.07, 6.45) is 0. The second-order valence-electron chi connectivity index (χ2n) is 18.2. The SMILES string of the molecule is c1ccc(-c2ccc(-c3ccc4c(c3)c3cc(-c5ccc(-c6ccccc6)cc5)ccc3n4-c3ccc(N(c4ccccc4)c4ccc(-c5nc6ccccc6nc5-c5ccccc5)cc4)cc3)cc2)cc1. The Morgan fingerprint density at radius 1 is 0.250 bits per heavy atom. The Morgan fingerprint density at radius 2 is 0.556 bits per heavy atom. The number of fused-ring (bicyclic) bond motifs is 4. The largest absolute Gasteiger partial charge is 0.311 e. The highest BCUT2D eigenvalue weighted by Gasteiger charge is 2.19. The summed E-state index contributed by atoms with van der Waals surface area (Å²) in [4.78, 5) is 12.6. The van der Waals surface area contributed by atoms with Crippen LogP contribution in [0.2, 0.25) is 0 Å². The fourth-order valence-corrected chi connectivity index (χ4v) is 10.2. The van der Waals surface area contributed by atoms with Crippen LogP contribution in [0.25, 0.3) is 106 Å². The number of nitrogens with zero attached hydrogens (tertiary/aromatic N) is 4. The molecule has 11 aromatic carbocycles. The molecule has 338 valence electrons. The minimum Gasteiger partial charge on any atom is -0.311 e. The van der Waals surface area contributed by atoms with Crippen LogP contribution in [0.15, 0.2) is 279 Å². The van der Waals surface area contributed by atoms with Crippen molar-refractivity contribution in [3.63, 3.8) is 0 Å². The van der Waals surface area contributed by atoms with E-state index in [2.05, 4.69) is 258 Å². The first-order valence-corrected chi connectivity index (χ1v) is 24.5. The molecule has 0 N–H and O–H groups in total. The summed E-state index contributed by atoms with van der Waals surface area (Å²) in [5.74, 6) is 0. The molecule has 0 atom stereocenters. The Morgan fingerprint density at radius 3 is 1.00 bits per heavy atom. The fourth-order valence-electron chi connectivity index (χ4n) is 10.2. The lowest BCUT2D eigenvalue weighted by atomic mass is 9.97. The summed E-state index contributed by atoms with van der Waals surface area (Å²) in [6, 6.07) is 99.6. The molecule has 13 rings (SSSR count). The number of hydrogen-bond acceptors (Lipinski definition) is 3. The molecule has 4 heteroatoms. The lowest BCUT2D eigenvalue weighted by Gasteiger charge is -2.26. The first kappa shape index (κ1) is 42.5. The predicted octanol–water partition coefficient (Wildman–Crippen LogP) is 18.2. The van der Waals surface area contributed by atoms with E-state index in [0.29, 0.717) is 0 Å². The van der Waals surface area contributed by atoms with E-state index in [1.54, 1.807) is 0 Å². The first-order chi connectivity index (χ1) is 35.7. The van der Waals surface area contributed by atoms with Gasteiger partial charge in [0.15, 0.2) is 0 Å².